The second kappa shape index (κ2) is 6.97. The van der Waals surface area contributed by atoms with Crippen LogP contribution in [0.4, 0.5) is 5.69 Å². The van der Waals surface area contributed by atoms with Crippen molar-refractivity contribution in [2.24, 2.45) is 0 Å². The molecular weight excluding hydrogens is 284 g/mol. The van der Waals surface area contributed by atoms with E-state index in [4.69, 9.17) is 0 Å². The summed E-state index contributed by atoms with van der Waals surface area (Å²) in [4.78, 5) is 11.4. The van der Waals surface area contributed by atoms with Crippen molar-refractivity contribution in [1.82, 2.24) is 5.32 Å². The summed E-state index contributed by atoms with van der Waals surface area (Å²) in [7, 11) is 0. The maximum absolute atomic E-state index is 11.4. The number of nitrogens with one attached hydrogen (secondary N) is 2. The molecule has 2 aromatic rings. The number of carbonyl (C=O) groups is 1. The Morgan fingerprint density at radius 2 is 1.96 bits per heavy atom. The molecule has 0 spiro atoms. The number of fused-ring (bicyclic) bond motifs is 1. The molecule has 0 unspecified atom stereocenters. The summed E-state index contributed by atoms with van der Waals surface area (Å²) < 4.78 is 0. The first-order valence-corrected chi connectivity index (χ1v) is 8.39. The van der Waals surface area contributed by atoms with Gasteiger partial charge in [0.2, 0.25) is 5.91 Å². The van der Waals surface area contributed by atoms with Gasteiger partial charge in [-0.15, -0.1) is 0 Å². The molecule has 0 saturated heterocycles. The van der Waals surface area contributed by atoms with Gasteiger partial charge in [-0.2, -0.15) is 0 Å². The van der Waals surface area contributed by atoms with E-state index in [2.05, 4.69) is 60.9 Å². The van der Waals surface area contributed by atoms with E-state index in [1.54, 1.807) is 0 Å². The van der Waals surface area contributed by atoms with E-state index < -0.39 is 0 Å². The van der Waals surface area contributed by atoms with Crippen molar-refractivity contribution in [3.63, 3.8) is 0 Å². The molecule has 1 aliphatic heterocycles. The minimum Gasteiger partial charge on any atom is -0.326 e. The maximum Gasteiger partial charge on any atom is 0.224 e. The monoisotopic (exact) mass is 308 g/mol. The van der Waals surface area contributed by atoms with Crippen molar-refractivity contribution in [3.8, 4) is 0 Å². The van der Waals surface area contributed by atoms with Crippen LogP contribution in [-0.2, 0) is 24.2 Å². The topological polar surface area (TPSA) is 41.1 Å². The van der Waals surface area contributed by atoms with Gasteiger partial charge in [-0.05, 0) is 48.1 Å². The van der Waals surface area contributed by atoms with Crippen molar-refractivity contribution in [2.45, 2.75) is 45.7 Å². The lowest BCUT2D eigenvalue weighted by Gasteiger charge is -2.20. The number of hydrogen-bond acceptors (Lipinski definition) is 2. The normalized spacial score (nSPS) is 15.0. The average Bonchev–Trinajstić information content (AvgIpc) is 2.59. The van der Waals surface area contributed by atoms with Gasteiger partial charge in [0.05, 0.1) is 0 Å². The first-order chi connectivity index (χ1) is 11.2. The van der Waals surface area contributed by atoms with Crippen LogP contribution >= 0.6 is 0 Å². The minimum absolute atomic E-state index is 0.118. The van der Waals surface area contributed by atoms with Crippen LogP contribution in [0.15, 0.2) is 42.5 Å². The number of hydrogen-bond donors (Lipinski definition) is 2. The van der Waals surface area contributed by atoms with E-state index >= 15 is 0 Å². The number of carbonyl (C=O) groups excluding carboxylic acids is 1. The molecule has 23 heavy (non-hydrogen) atoms. The number of rotatable bonds is 5. The van der Waals surface area contributed by atoms with E-state index in [0.29, 0.717) is 6.42 Å². The first-order valence-electron chi connectivity index (χ1n) is 8.39. The minimum atomic E-state index is 0.118. The lowest BCUT2D eigenvalue weighted by molar-refractivity contribution is -0.116. The van der Waals surface area contributed by atoms with Crippen LogP contribution in [0.3, 0.4) is 0 Å². The molecule has 0 radical (unpaired) electrons. The summed E-state index contributed by atoms with van der Waals surface area (Å²) in [6.45, 7) is 5.23. The van der Waals surface area contributed by atoms with Crippen LogP contribution in [-0.4, -0.2) is 5.91 Å². The third-order valence-electron chi connectivity index (χ3n) is 4.54. The number of benzene rings is 2. The standard InChI is InChI=1S/C20H24N2O/c1-3-15-5-4-6-16(11-15)13-21-14(2)17-7-9-19-18(12-17)8-10-20(23)22-19/h4-7,9,11-12,14,21H,3,8,10,13H2,1-2H3,(H,22,23)/t14-/m1/s1. The van der Waals surface area contributed by atoms with E-state index in [1.165, 1.54) is 22.3 Å². The maximum atomic E-state index is 11.4. The van der Waals surface area contributed by atoms with Crippen molar-refractivity contribution in [2.75, 3.05) is 5.32 Å². The molecule has 0 aliphatic carbocycles. The van der Waals surface area contributed by atoms with Crippen LogP contribution in [0.25, 0.3) is 0 Å². The van der Waals surface area contributed by atoms with Crippen molar-refractivity contribution in [1.29, 1.82) is 0 Å². The molecule has 0 saturated carbocycles. The van der Waals surface area contributed by atoms with Gasteiger partial charge in [0.25, 0.3) is 0 Å². The second-order valence-corrected chi connectivity index (χ2v) is 6.24. The highest BCUT2D eigenvalue weighted by atomic mass is 16.1. The fraction of sp³-hybridized carbons (Fsp3) is 0.350. The van der Waals surface area contributed by atoms with E-state index in [9.17, 15) is 4.79 Å². The van der Waals surface area contributed by atoms with Crippen LogP contribution < -0.4 is 10.6 Å². The van der Waals surface area contributed by atoms with Crippen LogP contribution in [0, 0.1) is 0 Å². The Labute approximate surface area is 138 Å². The molecule has 0 aromatic heterocycles. The van der Waals surface area contributed by atoms with Gasteiger partial charge in [0, 0.05) is 24.7 Å². The molecule has 0 fully saturated rings. The highest BCUT2D eigenvalue weighted by Crippen LogP contribution is 2.26. The lowest BCUT2D eigenvalue weighted by atomic mass is 9.97. The highest BCUT2D eigenvalue weighted by Gasteiger charge is 2.16. The molecule has 1 atom stereocenters. The molecule has 3 rings (SSSR count). The molecule has 120 valence electrons. The number of aryl methyl sites for hydroxylation is 2. The Hall–Kier alpha value is -2.13. The zero-order valence-corrected chi connectivity index (χ0v) is 13.9. The van der Waals surface area contributed by atoms with Gasteiger partial charge in [-0.25, -0.2) is 0 Å². The summed E-state index contributed by atoms with van der Waals surface area (Å²) >= 11 is 0. The van der Waals surface area contributed by atoms with Crippen molar-refractivity contribution >= 4 is 11.6 Å². The smallest absolute Gasteiger partial charge is 0.224 e. The molecule has 2 N–H and O–H groups in total. The van der Waals surface area contributed by atoms with Crippen LogP contribution in [0.5, 0.6) is 0 Å². The molecule has 3 nitrogen and oxygen atoms in total. The first kappa shape index (κ1) is 15.8. The van der Waals surface area contributed by atoms with Gasteiger partial charge < -0.3 is 10.6 Å². The third-order valence-corrected chi connectivity index (χ3v) is 4.54. The second-order valence-electron chi connectivity index (χ2n) is 6.24. The summed E-state index contributed by atoms with van der Waals surface area (Å²) in [5.74, 6) is 0.118. The zero-order chi connectivity index (χ0) is 16.2. The van der Waals surface area contributed by atoms with E-state index in [1.807, 2.05) is 6.07 Å². The highest BCUT2D eigenvalue weighted by molar-refractivity contribution is 5.93. The summed E-state index contributed by atoms with van der Waals surface area (Å²) in [6, 6.07) is 15.4. The Kier molecular flexibility index (Phi) is 4.77. The summed E-state index contributed by atoms with van der Waals surface area (Å²) in [5, 5.41) is 6.53. The SMILES string of the molecule is CCc1cccc(CN[C@H](C)c2ccc3c(c2)CCC(=O)N3)c1. The predicted octanol–water partition coefficient (Wildman–Crippen LogP) is 3.98. The Morgan fingerprint density at radius 1 is 1.13 bits per heavy atom. The molecule has 2 aromatic carbocycles. The molecule has 0 bridgehead atoms. The summed E-state index contributed by atoms with van der Waals surface area (Å²) in [6.07, 6.45) is 2.49. The summed E-state index contributed by atoms with van der Waals surface area (Å²) in [5.41, 5.74) is 6.17. The largest absolute Gasteiger partial charge is 0.326 e. The molecule has 1 amide bonds. The Balaban J connectivity index is 1.66. The van der Waals surface area contributed by atoms with Gasteiger partial charge >= 0.3 is 0 Å². The van der Waals surface area contributed by atoms with Gasteiger partial charge in [0.1, 0.15) is 0 Å². The lowest BCUT2D eigenvalue weighted by Crippen LogP contribution is -2.21. The zero-order valence-electron chi connectivity index (χ0n) is 13.9. The molecule has 1 heterocycles. The van der Waals surface area contributed by atoms with Gasteiger partial charge in [0.15, 0.2) is 0 Å². The third kappa shape index (κ3) is 3.80. The fourth-order valence-electron chi connectivity index (χ4n) is 3.02. The van der Waals surface area contributed by atoms with Crippen molar-refractivity contribution < 1.29 is 4.79 Å². The Morgan fingerprint density at radius 3 is 2.78 bits per heavy atom. The quantitative estimate of drug-likeness (QED) is 0.877. The average molecular weight is 308 g/mol. The molecule has 3 heteroatoms. The molecular formula is C20H24N2O. The van der Waals surface area contributed by atoms with E-state index in [0.717, 1.165) is 25.1 Å². The Bertz CT molecular complexity index is 709. The van der Waals surface area contributed by atoms with E-state index in [-0.39, 0.29) is 11.9 Å². The fourth-order valence-corrected chi connectivity index (χ4v) is 3.02. The number of amides is 1. The number of anilines is 1. The van der Waals surface area contributed by atoms with Gasteiger partial charge in [-0.1, -0.05) is 43.3 Å². The van der Waals surface area contributed by atoms with Gasteiger partial charge in [-0.3, -0.25) is 4.79 Å². The predicted molar refractivity (Wildman–Crippen MR) is 94.5 cm³/mol. The van der Waals surface area contributed by atoms with Crippen molar-refractivity contribution in [3.05, 3.63) is 64.7 Å². The van der Waals surface area contributed by atoms with Crippen LogP contribution in [0.1, 0.15) is 48.6 Å². The molecule has 1 aliphatic rings. The van der Waals surface area contributed by atoms with Crippen LogP contribution in [0.2, 0.25) is 0 Å².